The molecule has 1 unspecified atom stereocenters. The third kappa shape index (κ3) is 3.87. The normalized spacial score (nSPS) is 17.6. The molecule has 0 spiro atoms. The van der Waals surface area contributed by atoms with Gasteiger partial charge in [0.15, 0.2) is 5.82 Å². The van der Waals surface area contributed by atoms with Crippen molar-refractivity contribution in [1.29, 1.82) is 0 Å². The average molecular weight is 425 g/mol. The number of rotatable bonds is 4. The van der Waals surface area contributed by atoms with Crippen molar-refractivity contribution in [3.63, 3.8) is 0 Å². The van der Waals surface area contributed by atoms with Crippen molar-refractivity contribution in [2.24, 2.45) is 0 Å². The number of hydrogen-bond donors (Lipinski definition) is 1. The summed E-state index contributed by atoms with van der Waals surface area (Å²) >= 11 is 3.33. The summed E-state index contributed by atoms with van der Waals surface area (Å²) in [5.74, 6) is -2.12. The SMILES string of the molecule is C[C@@H](F)C1CN(CC(=O)Nc2ncc(F)cn2)C(=O)c2ccc(Br)cc21. The molecule has 3 rings (SSSR count). The zero-order chi connectivity index (χ0) is 18.8. The lowest BCUT2D eigenvalue weighted by atomic mass is 9.86. The van der Waals surface area contributed by atoms with Crippen molar-refractivity contribution in [2.45, 2.75) is 19.0 Å². The van der Waals surface area contributed by atoms with Crippen LogP contribution in [-0.2, 0) is 4.79 Å². The van der Waals surface area contributed by atoms with Gasteiger partial charge in [0.1, 0.15) is 12.7 Å². The molecule has 0 saturated carbocycles. The van der Waals surface area contributed by atoms with E-state index in [0.29, 0.717) is 11.1 Å². The van der Waals surface area contributed by atoms with Gasteiger partial charge in [-0.05, 0) is 30.7 Å². The second kappa shape index (κ2) is 7.45. The Morgan fingerprint density at radius 1 is 1.42 bits per heavy atom. The lowest BCUT2D eigenvalue weighted by molar-refractivity contribution is -0.117. The number of nitrogens with one attached hydrogen (secondary N) is 1. The molecule has 0 radical (unpaired) electrons. The molecule has 6 nitrogen and oxygen atoms in total. The molecule has 136 valence electrons. The summed E-state index contributed by atoms with van der Waals surface area (Å²) in [4.78, 5) is 33.4. The van der Waals surface area contributed by atoms with E-state index in [1.807, 2.05) is 0 Å². The number of aromatic nitrogens is 2. The van der Waals surface area contributed by atoms with Crippen LogP contribution in [0.4, 0.5) is 14.7 Å². The monoisotopic (exact) mass is 424 g/mol. The topological polar surface area (TPSA) is 75.2 Å². The van der Waals surface area contributed by atoms with Crippen LogP contribution < -0.4 is 5.32 Å². The van der Waals surface area contributed by atoms with Gasteiger partial charge in [-0.15, -0.1) is 0 Å². The van der Waals surface area contributed by atoms with Crippen molar-refractivity contribution in [3.05, 3.63) is 52.0 Å². The number of carbonyl (C=O) groups excluding carboxylic acids is 2. The number of hydrogen-bond acceptors (Lipinski definition) is 4. The van der Waals surface area contributed by atoms with Crippen LogP contribution in [0.5, 0.6) is 0 Å². The highest BCUT2D eigenvalue weighted by Crippen LogP contribution is 2.33. The molecule has 2 aromatic rings. The van der Waals surface area contributed by atoms with E-state index in [9.17, 15) is 18.4 Å². The van der Waals surface area contributed by atoms with Crippen molar-refractivity contribution in [2.75, 3.05) is 18.4 Å². The second-order valence-corrected chi connectivity index (χ2v) is 6.89. The van der Waals surface area contributed by atoms with E-state index < -0.39 is 23.8 Å². The number of alkyl halides is 1. The molecule has 2 heterocycles. The van der Waals surface area contributed by atoms with E-state index in [1.54, 1.807) is 18.2 Å². The Bertz CT molecular complexity index is 845. The predicted octanol–water partition coefficient (Wildman–Crippen LogP) is 2.91. The molecule has 9 heteroatoms. The van der Waals surface area contributed by atoms with Gasteiger partial charge in [-0.1, -0.05) is 15.9 Å². The Balaban J connectivity index is 1.78. The average Bonchev–Trinajstić information content (AvgIpc) is 2.59. The summed E-state index contributed by atoms with van der Waals surface area (Å²) in [6, 6.07) is 5.05. The first-order valence-corrected chi connectivity index (χ1v) is 8.64. The molecular formula is C17H15BrF2N4O2. The summed E-state index contributed by atoms with van der Waals surface area (Å²) in [5, 5.41) is 2.39. The van der Waals surface area contributed by atoms with Crippen LogP contribution in [0, 0.1) is 5.82 Å². The van der Waals surface area contributed by atoms with E-state index >= 15 is 0 Å². The van der Waals surface area contributed by atoms with Crippen LogP contribution >= 0.6 is 15.9 Å². The number of nitrogens with zero attached hydrogens (tertiary/aromatic N) is 3. The van der Waals surface area contributed by atoms with E-state index in [4.69, 9.17) is 0 Å². The number of carbonyl (C=O) groups is 2. The molecular weight excluding hydrogens is 410 g/mol. The highest BCUT2D eigenvalue weighted by atomic mass is 79.9. The van der Waals surface area contributed by atoms with Gasteiger partial charge in [0.05, 0.1) is 12.4 Å². The Hall–Kier alpha value is -2.42. The lowest BCUT2D eigenvalue weighted by Crippen LogP contribution is -2.45. The molecule has 1 N–H and O–H groups in total. The molecule has 26 heavy (non-hydrogen) atoms. The standard InChI is InChI=1S/C17H15BrF2N4O2/c1-9(19)14-7-24(16(26)12-3-2-10(18)4-13(12)14)8-15(25)23-17-21-5-11(20)6-22-17/h2-6,9,14H,7-8H2,1H3,(H,21,22,23,25)/t9-,14?/m1/s1. The predicted molar refractivity (Wildman–Crippen MR) is 94.0 cm³/mol. The van der Waals surface area contributed by atoms with Gasteiger partial charge in [0, 0.05) is 22.5 Å². The minimum atomic E-state index is -1.19. The number of halogens is 3. The Kier molecular flexibility index (Phi) is 5.26. The highest BCUT2D eigenvalue weighted by Gasteiger charge is 2.35. The van der Waals surface area contributed by atoms with Crippen molar-refractivity contribution < 1.29 is 18.4 Å². The lowest BCUT2D eigenvalue weighted by Gasteiger charge is -2.34. The first kappa shape index (κ1) is 18.4. The number of benzene rings is 1. The fourth-order valence-electron chi connectivity index (χ4n) is 2.87. The summed E-state index contributed by atoms with van der Waals surface area (Å²) < 4.78 is 27.7. The first-order valence-electron chi connectivity index (χ1n) is 7.85. The third-order valence-corrected chi connectivity index (χ3v) is 4.60. The summed E-state index contributed by atoms with van der Waals surface area (Å²) in [5.41, 5.74) is 0.998. The van der Waals surface area contributed by atoms with Crippen molar-refractivity contribution in [3.8, 4) is 0 Å². The van der Waals surface area contributed by atoms with Gasteiger partial charge >= 0.3 is 0 Å². The first-order chi connectivity index (χ1) is 12.3. The van der Waals surface area contributed by atoms with Gasteiger partial charge in [-0.2, -0.15) is 0 Å². The van der Waals surface area contributed by atoms with Gasteiger partial charge in [-0.3, -0.25) is 14.9 Å². The fraction of sp³-hybridized carbons (Fsp3) is 0.294. The van der Waals surface area contributed by atoms with E-state index in [0.717, 1.165) is 16.9 Å². The summed E-state index contributed by atoms with van der Waals surface area (Å²) in [6.07, 6.45) is 0.648. The minimum Gasteiger partial charge on any atom is -0.329 e. The molecule has 1 aliphatic rings. The third-order valence-electron chi connectivity index (χ3n) is 4.11. The van der Waals surface area contributed by atoms with Gasteiger partial charge in [0.25, 0.3) is 5.91 Å². The maximum absolute atomic E-state index is 14.1. The smallest absolute Gasteiger partial charge is 0.254 e. The van der Waals surface area contributed by atoms with Gasteiger partial charge in [0.2, 0.25) is 11.9 Å². The second-order valence-electron chi connectivity index (χ2n) is 5.97. The molecule has 0 saturated heterocycles. The van der Waals surface area contributed by atoms with Gasteiger partial charge in [-0.25, -0.2) is 18.7 Å². The fourth-order valence-corrected chi connectivity index (χ4v) is 3.25. The number of anilines is 1. The summed E-state index contributed by atoms with van der Waals surface area (Å²) in [7, 11) is 0. The van der Waals surface area contributed by atoms with Crippen LogP contribution in [0.3, 0.4) is 0 Å². The zero-order valence-corrected chi connectivity index (χ0v) is 15.3. The Morgan fingerprint density at radius 2 is 2.12 bits per heavy atom. The van der Waals surface area contributed by atoms with Crippen LogP contribution in [0.1, 0.15) is 28.8 Å². The zero-order valence-electron chi connectivity index (χ0n) is 13.7. The molecule has 2 amide bonds. The maximum atomic E-state index is 14.1. The van der Waals surface area contributed by atoms with Crippen molar-refractivity contribution in [1.82, 2.24) is 14.9 Å². The molecule has 2 atom stereocenters. The molecule has 0 bridgehead atoms. The van der Waals surface area contributed by atoms with E-state index in [2.05, 4.69) is 31.2 Å². The largest absolute Gasteiger partial charge is 0.329 e. The van der Waals surface area contributed by atoms with Gasteiger partial charge < -0.3 is 4.90 Å². The Labute approximate surface area is 156 Å². The van der Waals surface area contributed by atoms with Crippen LogP contribution in [0.15, 0.2) is 35.1 Å². The Morgan fingerprint density at radius 3 is 2.77 bits per heavy atom. The number of fused-ring (bicyclic) bond motifs is 1. The summed E-state index contributed by atoms with van der Waals surface area (Å²) in [6.45, 7) is 1.23. The molecule has 1 aliphatic heterocycles. The maximum Gasteiger partial charge on any atom is 0.254 e. The minimum absolute atomic E-state index is 0.0689. The van der Waals surface area contributed by atoms with E-state index in [1.165, 1.54) is 11.8 Å². The van der Waals surface area contributed by atoms with Crippen LogP contribution in [-0.4, -0.2) is 45.9 Å². The highest BCUT2D eigenvalue weighted by molar-refractivity contribution is 9.10. The number of amides is 2. The quantitative estimate of drug-likeness (QED) is 0.818. The molecule has 0 aliphatic carbocycles. The molecule has 1 aromatic carbocycles. The van der Waals surface area contributed by atoms with E-state index in [-0.39, 0.29) is 24.9 Å². The van der Waals surface area contributed by atoms with Crippen LogP contribution in [0.25, 0.3) is 0 Å². The molecule has 1 aromatic heterocycles. The van der Waals surface area contributed by atoms with Crippen LogP contribution in [0.2, 0.25) is 0 Å². The molecule has 0 fully saturated rings. The van der Waals surface area contributed by atoms with Crippen molar-refractivity contribution >= 4 is 33.7 Å².